The van der Waals surface area contributed by atoms with Gasteiger partial charge in [0.15, 0.2) is 0 Å². The Kier molecular flexibility index (Phi) is 12.1. The summed E-state index contributed by atoms with van der Waals surface area (Å²) in [6, 6.07) is 0. The van der Waals surface area contributed by atoms with Crippen molar-refractivity contribution in [3.05, 3.63) is 23.8 Å². The second-order valence-corrected chi connectivity index (χ2v) is 15.9. The first kappa shape index (κ1) is 32.9. The van der Waals surface area contributed by atoms with Gasteiger partial charge in [0.25, 0.3) is 0 Å². The van der Waals surface area contributed by atoms with Gasteiger partial charge in [-0.15, -0.1) is 0 Å². The normalized spacial score (nSPS) is 35.6. The number of unbranched alkanes of at least 4 members (excludes halogenated alkanes) is 7. The highest BCUT2D eigenvalue weighted by molar-refractivity contribution is 5.82. The zero-order chi connectivity index (χ0) is 29.5. The topological polar surface area (TPSA) is 26.3 Å². The van der Waals surface area contributed by atoms with Gasteiger partial charge < -0.3 is 4.74 Å². The second kappa shape index (κ2) is 15.1. The number of rotatable bonds is 15. The lowest BCUT2D eigenvalue weighted by atomic mass is 9.47. The average molecular weight is 567 g/mol. The fourth-order valence-corrected chi connectivity index (χ4v) is 10.4. The van der Waals surface area contributed by atoms with Crippen molar-refractivity contribution < 1.29 is 9.53 Å². The van der Waals surface area contributed by atoms with E-state index in [2.05, 4.69) is 47.6 Å². The molecule has 0 aromatic rings. The SMILES string of the molecule is CCCCCCCCCC=CC(=O)O[C@H]1CC[C@@]2(C)C(=CC[C@H]3[C@@H]4CC[C@H]([C@H](C)CCCC(C)C)[C@@]4(C)CC[C@@H]32)C1. The van der Waals surface area contributed by atoms with Crippen LogP contribution >= 0.6 is 0 Å². The molecule has 8 atom stereocenters. The molecule has 0 unspecified atom stereocenters. The molecule has 3 saturated carbocycles. The zero-order valence-electron chi connectivity index (χ0n) is 28.0. The Hall–Kier alpha value is -1.05. The van der Waals surface area contributed by atoms with Gasteiger partial charge in [-0.2, -0.15) is 0 Å². The fourth-order valence-electron chi connectivity index (χ4n) is 10.4. The van der Waals surface area contributed by atoms with Gasteiger partial charge in [-0.05, 0) is 104 Å². The number of allylic oxidation sites excluding steroid dienone is 2. The van der Waals surface area contributed by atoms with E-state index in [0.29, 0.717) is 10.8 Å². The second-order valence-electron chi connectivity index (χ2n) is 15.9. The van der Waals surface area contributed by atoms with Crippen LogP contribution in [-0.4, -0.2) is 12.1 Å². The van der Waals surface area contributed by atoms with Gasteiger partial charge >= 0.3 is 5.97 Å². The number of hydrogen-bond acceptors (Lipinski definition) is 2. The highest BCUT2D eigenvalue weighted by Crippen LogP contribution is 2.67. The molecule has 0 aromatic heterocycles. The highest BCUT2D eigenvalue weighted by atomic mass is 16.5. The van der Waals surface area contributed by atoms with E-state index in [-0.39, 0.29) is 12.1 Å². The van der Waals surface area contributed by atoms with Gasteiger partial charge in [0, 0.05) is 12.5 Å². The van der Waals surface area contributed by atoms with Crippen LogP contribution in [0, 0.1) is 46.3 Å². The summed E-state index contributed by atoms with van der Waals surface area (Å²) < 4.78 is 6.00. The number of hydrogen-bond donors (Lipinski definition) is 0. The number of carbonyl (C=O) groups excluding carboxylic acids is 1. The lowest BCUT2D eigenvalue weighted by molar-refractivity contribution is -0.145. The van der Waals surface area contributed by atoms with Gasteiger partial charge in [0.05, 0.1) is 0 Å². The van der Waals surface area contributed by atoms with E-state index in [1.165, 1.54) is 103 Å². The maximum Gasteiger partial charge on any atom is 0.330 e. The van der Waals surface area contributed by atoms with Crippen molar-refractivity contribution in [2.45, 2.75) is 170 Å². The van der Waals surface area contributed by atoms with Crippen LogP contribution in [0.3, 0.4) is 0 Å². The van der Waals surface area contributed by atoms with Gasteiger partial charge in [-0.25, -0.2) is 4.79 Å². The van der Waals surface area contributed by atoms with Gasteiger partial charge in [-0.3, -0.25) is 0 Å². The smallest absolute Gasteiger partial charge is 0.330 e. The van der Waals surface area contributed by atoms with E-state index < -0.39 is 0 Å². The zero-order valence-corrected chi connectivity index (χ0v) is 28.0. The molecule has 4 rings (SSSR count). The summed E-state index contributed by atoms with van der Waals surface area (Å²) >= 11 is 0. The lowest BCUT2D eigenvalue weighted by Crippen LogP contribution is -2.51. The number of ether oxygens (including phenoxy) is 1. The first-order valence-electron chi connectivity index (χ1n) is 18.3. The molecule has 0 radical (unpaired) electrons. The highest BCUT2D eigenvalue weighted by Gasteiger charge is 2.59. The predicted octanol–water partition coefficient (Wildman–Crippen LogP) is 11.6. The van der Waals surface area contributed by atoms with Gasteiger partial charge in [0.1, 0.15) is 6.10 Å². The summed E-state index contributed by atoms with van der Waals surface area (Å²) in [7, 11) is 0. The molecule has 2 heteroatoms. The summed E-state index contributed by atoms with van der Waals surface area (Å²) in [5, 5.41) is 0. The van der Waals surface area contributed by atoms with Gasteiger partial charge in [-0.1, -0.05) is 117 Å². The van der Waals surface area contributed by atoms with Crippen molar-refractivity contribution >= 4 is 5.97 Å². The minimum Gasteiger partial charge on any atom is -0.459 e. The van der Waals surface area contributed by atoms with Crippen molar-refractivity contribution in [1.82, 2.24) is 0 Å². The van der Waals surface area contributed by atoms with E-state index in [1.54, 1.807) is 11.6 Å². The van der Waals surface area contributed by atoms with E-state index in [9.17, 15) is 4.79 Å². The molecule has 4 aliphatic carbocycles. The van der Waals surface area contributed by atoms with E-state index >= 15 is 0 Å². The Morgan fingerprint density at radius 3 is 2.44 bits per heavy atom. The summed E-state index contributed by atoms with van der Waals surface area (Å²) in [6.07, 6.45) is 31.1. The van der Waals surface area contributed by atoms with Crippen LogP contribution in [-0.2, 0) is 9.53 Å². The standard InChI is InChI=1S/C39H66O2/c1-7-8-9-10-11-12-13-14-15-19-37(40)41-32-24-26-38(5)31(28-32)20-21-33-35-23-22-34(30(4)18-16-17-29(2)3)39(35,6)27-25-36(33)38/h15,19-20,29-30,32-36H,7-14,16-18,21-28H2,1-6H3/t30-,32+,33+,34-,35+,36+,38+,39-/m1/s1. The molecular weight excluding hydrogens is 500 g/mol. The molecule has 3 fully saturated rings. The largest absolute Gasteiger partial charge is 0.459 e. The van der Waals surface area contributed by atoms with Crippen LogP contribution in [0.15, 0.2) is 23.8 Å². The van der Waals surface area contributed by atoms with Crippen LogP contribution in [0.4, 0.5) is 0 Å². The molecule has 4 aliphatic rings. The molecular formula is C39H66O2. The Morgan fingerprint density at radius 2 is 1.68 bits per heavy atom. The summed E-state index contributed by atoms with van der Waals surface area (Å²) in [6.45, 7) is 14.9. The maximum atomic E-state index is 12.6. The molecule has 234 valence electrons. The van der Waals surface area contributed by atoms with E-state index in [1.807, 2.05) is 6.08 Å². The molecule has 0 saturated heterocycles. The predicted molar refractivity (Wildman–Crippen MR) is 175 cm³/mol. The Morgan fingerprint density at radius 1 is 0.927 bits per heavy atom. The number of fused-ring (bicyclic) bond motifs is 5. The quantitative estimate of drug-likeness (QED) is 0.0852. The molecule has 41 heavy (non-hydrogen) atoms. The monoisotopic (exact) mass is 567 g/mol. The number of esters is 1. The first-order valence-corrected chi connectivity index (χ1v) is 18.3. The van der Waals surface area contributed by atoms with Crippen molar-refractivity contribution in [2.24, 2.45) is 46.3 Å². The molecule has 0 aromatic carbocycles. The number of carbonyl (C=O) groups is 1. The molecule has 0 heterocycles. The van der Waals surface area contributed by atoms with Crippen molar-refractivity contribution in [3.63, 3.8) is 0 Å². The molecule has 0 N–H and O–H groups in total. The minimum atomic E-state index is -0.122. The lowest BCUT2D eigenvalue weighted by Gasteiger charge is -2.58. The van der Waals surface area contributed by atoms with E-state index in [4.69, 9.17) is 4.74 Å². The first-order chi connectivity index (χ1) is 19.7. The summed E-state index contributed by atoms with van der Waals surface area (Å²) in [5.74, 6) is 5.11. The molecule has 0 spiro atoms. The van der Waals surface area contributed by atoms with Crippen LogP contribution in [0.1, 0.15) is 164 Å². The van der Waals surface area contributed by atoms with Crippen LogP contribution in [0.25, 0.3) is 0 Å². The Bertz CT molecular complexity index is 884. The maximum absolute atomic E-state index is 12.6. The Labute approximate surface area is 254 Å². The van der Waals surface area contributed by atoms with Crippen molar-refractivity contribution in [3.8, 4) is 0 Å². The molecule has 0 aliphatic heterocycles. The summed E-state index contributed by atoms with van der Waals surface area (Å²) in [5.41, 5.74) is 2.49. The van der Waals surface area contributed by atoms with Crippen molar-refractivity contribution in [1.29, 1.82) is 0 Å². The molecule has 0 bridgehead atoms. The molecule has 2 nitrogen and oxygen atoms in total. The third-order valence-electron chi connectivity index (χ3n) is 12.8. The third-order valence-corrected chi connectivity index (χ3v) is 12.8. The van der Waals surface area contributed by atoms with E-state index in [0.717, 1.165) is 54.8 Å². The minimum absolute atomic E-state index is 0.0676. The third kappa shape index (κ3) is 7.92. The van der Waals surface area contributed by atoms with Crippen molar-refractivity contribution in [2.75, 3.05) is 0 Å². The van der Waals surface area contributed by atoms with Gasteiger partial charge in [0.2, 0.25) is 0 Å². The average Bonchev–Trinajstić information content (AvgIpc) is 3.29. The van der Waals surface area contributed by atoms with Crippen LogP contribution in [0.5, 0.6) is 0 Å². The van der Waals surface area contributed by atoms with Crippen LogP contribution < -0.4 is 0 Å². The van der Waals surface area contributed by atoms with Crippen LogP contribution in [0.2, 0.25) is 0 Å². The fraction of sp³-hybridized carbons (Fsp3) is 0.872. The Balaban J connectivity index is 1.26. The summed E-state index contributed by atoms with van der Waals surface area (Å²) in [4.78, 5) is 12.6. The molecule has 0 amide bonds.